The second-order valence-corrected chi connectivity index (χ2v) is 4.30. The number of carbonyl (C=O) groups excluding carboxylic acids is 1. The Morgan fingerprint density at radius 2 is 2.13 bits per heavy atom. The van der Waals surface area contributed by atoms with E-state index >= 15 is 0 Å². The van der Waals surface area contributed by atoms with Gasteiger partial charge in [0.1, 0.15) is 0 Å². The number of aldehydes is 1. The minimum absolute atomic E-state index is 0.791. The first-order valence-corrected chi connectivity index (χ1v) is 5.42. The SMILES string of the molecule is O=Cc1cc2ccccc2n1CC1CC1. The van der Waals surface area contributed by atoms with Gasteiger partial charge in [-0.15, -0.1) is 0 Å². The number of benzene rings is 1. The topological polar surface area (TPSA) is 22.0 Å². The van der Waals surface area contributed by atoms with Crippen LogP contribution in [0, 0.1) is 5.92 Å². The number of hydrogen-bond acceptors (Lipinski definition) is 1. The monoisotopic (exact) mass is 199 g/mol. The number of carbonyl (C=O) groups is 1. The third kappa shape index (κ3) is 1.46. The molecule has 0 saturated heterocycles. The Hall–Kier alpha value is -1.57. The zero-order valence-electron chi connectivity index (χ0n) is 8.52. The van der Waals surface area contributed by atoms with Crippen LogP contribution in [0.15, 0.2) is 30.3 Å². The summed E-state index contributed by atoms with van der Waals surface area (Å²) in [4.78, 5) is 11.0. The molecule has 1 fully saturated rings. The molecule has 1 aliphatic carbocycles. The molecule has 0 N–H and O–H groups in total. The standard InChI is InChI=1S/C13H13NO/c15-9-12-7-11-3-1-2-4-13(11)14(12)8-10-5-6-10/h1-4,7,9-10H,5-6,8H2. The molecule has 15 heavy (non-hydrogen) atoms. The van der Waals surface area contributed by atoms with Crippen molar-refractivity contribution in [3.05, 3.63) is 36.0 Å². The van der Waals surface area contributed by atoms with Crippen LogP contribution in [0.3, 0.4) is 0 Å². The summed E-state index contributed by atoms with van der Waals surface area (Å²) >= 11 is 0. The first-order valence-electron chi connectivity index (χ1n) is 5.42. The summed E-state index contributed by atoms with van der Waals surface area (Å²) in [5.74, 6) is 0.791. The Morgan fingerprint density at radius 1 is 1.33 bits per heavy atom. The van der Waals surface area contributed by atoms with Gasteiger partial charge < -0.3 is 4.57 Å². The summed E-state index contributed by atoms with van der Waals surface area (Å²) in [6, 6.07) is 10.2. The van der Waals surface area contributed by atoms with Crippen molar-refractivity contribution in [1.82, 2.24) is 4.57 Å². The molecule has 0 amide bonds. The lowest BCUT2D eigenvalue weighted by Gasteiger charge is -2.05. The van der Waals surface area contributed by atoms with E-state index in [1.54, 1.807) is 0 Å². The van der Waals surface area contributed by atoms with Crippen molar-refractivity contribution in [2.24, 2.45) is 5.92 Å². The van der Waals surface area contributed by atoms with Crippen molar-refractivity contribution in [1.29, 1.82) is 0 Å². The number of para-hydroxylation sites is 1. The van der Waals surface area contributed by atoms with Crippen molar-refractivity contribution in [2.75, 3.05) is 0 Å². The maximum atomic E-state index is 11.0. The Balaban J connectivity index is 2.16. The van der Waals surface area contributed by atoms with Gasteiger partial charge in [0.25, 0.3) is 0 Å². The molecule has 2 nitrogen and oxygen atoms in total. The number of fused-ring (bicyclic) bond motifs is 1. The maximum Gasteiger partial charge on any atom is 0.166 e. The molecule has 1 heterocycles. The molecule has 3 rings (SSSR count). The fraction of sp³-hybridized carbons (Fsp3) is 0.308. The summed E-state index contributed by atoms with van der Waals surface area (Å²) in [5.41, 5.74) is 2.00. The third-order valence-electron chi connectivity index (χ3n) is 3.10. The highest BCUT2D eigenvalue weighted by atomic mass is 16.1. The van der Waals surface area contributed by atoms with Crippen LogP contribution in [0.1, 0.15) is 23.3 Å². The normalized spacial score (nSPS) is 15.7. The molecule has 1 aromatic carbocycles. The van der Waals surface area contributed by atoms with Gasteiger partial charge in [-0.05, 0) is 30.9 Å². The molecule has 76 valence electrons. The zero-order chi connectivity index (χ0) is 10.3. The van der Waals surface area contributed by atoms with E-state index in [2.05, 4.69) is 16.7 Å². The zero-order valence-corrected chi connectivity index (χ0v) is 8.52. The van der Waals surface area contributed by atoms with Crippen LogP contribution >= 0.6 is 0 Å². The van der Waals surface area contributed by atoms with Gasteiger partial charge in [-0.2, -0.15) is 0 Å². The predicted molar refractivity (Wildman–Crippen MR) is 60.0 cm³/mol. The lowest BCUT2D eigenvalue weighted by molar-refractivity contribution is 0.111. The van der Waals surface area contributed by atoms with Crippen LogP contribution < -0.4 is 0 Å². The number of aromatic nitrogens is 1. The molecule has 0 bridgehead atoms. The summed E-state index contributed by atoms with van der Waals surface area (Å²) in [6.45, 7) is 1.00. The molecule has 0 aliphatic heterocycles. The van der Waals surface area contributed by atoms with Crippen molar-refractivity contribution in [3.63, 3.8) is 0 Å². The quantitative estimate of drug-likeness (QED) is 0.697. The lowest BCUT2D eigenvalue weighted by Crippen LogP contribution is -2.03. The van der Waals surface area contributed by atoms with E-state index in [0.29, 0.717) is 0 Å². The summed E-state index contributed by atoms with van der Waals surface area (Å²) in [5, 5.41) is 1.17. The Morgan fingerprint density at radius 3 is 2.87 bits per heavy atom. The smallest absolute Gasteiger partial charge is 0.166 e. The highest BCUT2D eigenvalue weighted by Crippen LogP contribution is 2.32. The first-order chi connectivity index (χ1) is 7.38. The highest BCUT2D eigenvalue weighted by molar-refractivity contribution is 5.88. The van der Waals surface area contributed by atoms with Crippen molar-refractivity contribution in [3.8, 4) is 0 Å². The van der Waals surface area contributed by atoms with Crippen LogP contribution in [0.25, 0.3) is 10.9 Å². The Bertz CT molecular complexity index is 508. The van der Waals surface area contributed by atoms with Crippen LogP contribution in [0.2, 0.25) is 0 Å². The van der Waals surface area contributed by atoms with Crippen molar-refractivity contribution < 1.29 is 4.79 Å². The predicted octanol–water partition coefficient (Wildman–Crippen LogP) is 2.86. The van der Waals surface area contributed by atoms with E-state index in [4.69, 9.17) is 0 Å². The first kappa shape index (κ1) is 8.72. The minimum Gasteiger partial charge on any atom is -0.338 e. The fourth-order valence-electron chi connectivity index (χ4n) is 2.09. The molecule has 0 spiro atoms. The van der Waals surface area contributed by atoms with Crippen molar-refractivity contribution >= 4 is 17.2 Å². The number of hydrogen-bond donors (Lipinski definition) is 0. The molecule has 1 saturated carbocycles. The third-order valence-corrected chi connectivity index (χ3v) is 3.10. The maximum absolute atomic E-state index is 11.0. The summed E-state index contributed by atoms with van der Waals surface area (Å²) in [6.07, 6.45) is 3.58. The van der Waals surface area contributed by atoms with Gasteiger partial charge in [0.15, 0.2) is 6.29 Å². The van der Waals surface area contributed by atoms with Gasteiger partial charge in [0, 0.05) is 17.4 Å². The average Bonchev–Trinajstić information content (AvgIpc) is 3.01. The molecular formula is C13H13NO. The lowest BCUT2D eigenvalue weighted by atomic mass is 10.2. The Kier molecular flexibility index (Phi) is 1.88. The van der Waals surface area contributed by atoms with Gasteiger partial charge in [0.05, 0.1) is 5.69 Å². The summed E-state index contributed by atoms with van der Waals surface area (Å²) < 4.78 is 2.15. The van der Waals surface area contributed by atoms with Crippen LogP contribution in [-0.2, 0) is 6.54 Å². The second kappa shape index (κ2) is 3.23. The van der Waals surface area contributed by atoms with Gasteiger partial charge in [-0.25, -0.2) is 0 Å². The largest absolute Gasteiger partial charge is 0.338 e. The van der Waals surface area contributed by atoms with Gasteiger partial charge in [0.2, 0.25) is 0 Å². The van der Waals surface area contributed by atoms with Crippen molar-refractivity contribution in [2.45, 2.75) is 19.4 Å². The minimum atomic E-state index is 0.791. The van der Waals surface area contributed by atoms with Gasteiger partial charge >= 0.3 is 0 Å². The van der Waals surface area contributed by atoms with E-state index in [1.807, 2.05) is 18.2 Å². The van der Waals surface area contributed by atoms with Crippen LogP contribution in [0.5, 0.6) is 0 Å². The second-order valence-electron chi connectivity index (χ2n) is 4.30. The molecular weight excluding hydrogens is 186 g/mol. The van der Waals surface area contributed by atoms with E-state index in [-0.39, 0.29) is 0 Å². The van der Waals surface area contributed by atoms with Crippen LogP contribution in [0.4, 0.5) is 0 Å². The Labute approximate surface area is 88.5 Å². The molecule has 0 radical (unpaired) electrons. The molecule has 1 aliphatic rings. The number of rotatable bonds is 3. The molecule has 1 aromatic heterocycles. The van der Waals surface area contributed by atoms with E-state index < -0.39 is 0 Å². The average molecular weight is 199 g/mol. The molecule has 2 aromatic rings. The van der Waals surface area contributed by atoms with E-state index in [9.17, 15) is 4.79 Å². The molecule has 2 heteroatoms. The molecule has 0 unspecified atom stereocenters. The molecule has 0 atom stereocenters. The number of nitrogens with zero attached hydrogens (tertiary/aromatic N) is 1. The van der Waals surface area contributed by atoms with E-state index in [1.165, 1.54) is 23.7 Å². The van der Waals surface area contributed by atoms with E-state index in [0.717, 1.165) is 24.4 Å². The van der Waals surface area contributed by atoms with Crippen LogP contribution in [-0.4, -0.2) is 10.9 Å². The summed E-state index contributed by atoms with van der Waals surface area (Å²) in [7, 11) is 0. The fourth-order valence-corrected chi connectivity index (χ4v) is 2.09. The van der Waals surface area contributed by atoms with Gasteiger partial charge in [-0.1, -0.05) is 18.2 Å². The van der Waals surface area contributed by atoms with Gasteiger partial charge in [-0.3, -0.25) is 4.79 Å². The highest BCUT2D eigenvalue weighted by Gasteiger charge is 2.23.